The van der Waals surface area contributed by atoms with Gasteiger partial charge in [0, 0.05) is 24.1 Å². The fourth-order valence-corrected chi connectivity index (χ4v) is 2.25. The first-order chi connectivity index (χ1) is 7.13. The average Bonchev–Trinajstić information content (AvgIpc) is 2.18. The van der Waals surface area contributed by atoms with Gasteiger partial charge in [-0.15, -0.1) is 0 Å². The van der Waals surface area contributed by atoms with E-state index in [-0.39, 0.29) is 5.82 Å². The highest BCUT2D eigenvalue weighted by molar-refractivity contribution is 9.09. The first kappa shape index (κ1) is 12.6. The SMILES string of the molecule is CC(C)C(CBr)NCc1cncc(F)c1. The van der Waals surface area contributed by atoms with Gasteiger partial charge in [0.1, 0.15) is 5.82 Å². The van der Waals surface area contributed by atoms with Gasteiger partial charge in [0.05, 0.1) is 6.20 Å². The van der Waals surface area contributed by atoms with Crippen LogP contribution in [0.15, 0.2) is 18.5 Å². The molecular weight excluding hydrogens is 259 g/mol. The third-order valence-corrected chi connectivity index (χ3v) is 3.00. The summed E-state index contributed by atoms with van der Waals surface area (Å²) >= 11 is 3.45. The first-order valence-corrected chi connectivity index (χ1v) is 6.14. The minimum Gasteiger partial charge on any atom is -0.309 e. The molecule has 0 saturated heterocycles. The van der Waals surface area contributed by atoms with Crippen LogP contribution in [0.5, 0.6) is 0 Å². The van der Waals surface area contributed by atoms with E-state index in [2.05, 4.69) is 40.1 Å². The van der Waals surface area contributed by atoms with Crippen LogP contribution in [0.25, 0.3) is 0 Å². The molecule has 1 heterocycles. The largest absolute Gasteiger partial charge is 0.309 e. The molecule has 1 rings (SSSR count). The molecule has 1 unspecified atom stereocenters. The Kier molecular flexibility index (Phi) is 5.19. The molecule has 1 aromatic rings. The van der Waals surface area contributed by atoms with E-state index < -0.39 is 0 Å². The topological polar surface area (TPSA) is 24.9 Å². The van der Waals surface area contributed by atoms with Crippen molar-refractivity contribution < 1.29 is 4.39 Å². The minimum absolute atomic E-state index is 0.283. The van der Waals surface area contributed by atoms with Gasteiger partial charge in [-0.2, -0.15) is 0 Å². The summed E-state index contributed by atoms with van der Waals surface area (Å²) in [4.78, 5) is 3.81. The normalized spacial score (nSPS) is 13.1. The lowest BCUT2D eigenvalue weighted by Gasteiger charge is -2.19. The van der Waals surface area contributed by atoms with Crippen LogP contribution in [0, 0.1) is 11.7 Å². The van der Waals surface area contributed by atoms with Crippen LogP contribution < -0.4 is 5.32 Å². The standard InChI is InChI=1S/C11H16BrFN2/c1-8(2)11(4-12)15-6-9-3-10(13)7-14-5-9/h3,5,7-8,11,15H,4,6H2,1-2H3. The van der Waals surface area contributed by atoms with Crippen molar-refractivity contribution in [1.29, 1.82) is 0 Å². The number of rotatable bonds is 5. The Labute approximate surface area is 98.4 Å². The van der Waals surface area contributed by atoms with Gasteiger partial charge < -0.3 is 5.32 Å². The van der Waals surface area contributed by atoms with Crippen LogP contribution in [0.1, 0.15) is 19.4 Å². The monoisotopic (exact) mass is 274 g/mol. The number of nitrogens with one attached hydrogen (secondary N) is 1. The van der Waals surface area contributed by atoms with Crippen molar-refractivity contribution in [2.45, 2.75) is 26.4 Å². The molecule has 0 bridgehead atoms. The summed E-state index contributed by atoms with van der Waals surface area (Å²) in [7, 11) is 0. The Morgan fingerprint density at radius 3 is 2.73 bits per heavy atom. The molecule has 0 amide bonds. The predicted molar refractivity (Wildman–Crippen MR) is 63.5 cm³/mol. The van der Waals surface area contributed by atoms with Gasteiger partial charge in [-0.05, 0) is 17.5 Å². The maximum absolute atomic E-state index is 12.8. The highest BCUT2D eigenvalue weighted by Crippen LogP contribution is 2.07. The second-order valence-corrected chi connectivity index (χ2v) is 4.54. The third kappa shape index (κ3) is 4.26. The van der Waals surface area contributed by atoms with Crippen molar-refractivity contribution in [2.75, 3.05) is 5.33 Å². The average molecular weight is 275 g/mol. The smallest absolute Gasteiger partial charge is 0.141 e. The highest BCUT2D eigenvalue weighted by atomic mass is 79.9. The van der Waals surface area contributed by atoms with Gasteiger partial charge in [-0.3, -0.25) is 4.98 Å². The molecule has 84 valence electrons. The molecular formula is C11H16BrFN2. The Bertz CT molecular complexity index is 304. The van der Waals surface area contributed by atoms with Crippen molar-refractivity contribution in [3.8, 4) is 0 Å². The van der Waals surface area contributed by atoms with E-state index in [0.29, 0.717) is 18.5 Å². The summed E-state index contributed by atoms with van der Waals surface area (Å²) in [6.07, 6.45) is 2.90. The maximum atomic E-state index is 12.8. The van der Waals surface area contributed by atoms with E-state index in [1.54, 1.807) is 6.20 Å². The quantitative estimate of drug-likeness (QED) is 0.836. The van der Waals surface area contributed by atoms with E-state index in [1.807, 2.05) is 0 Å². The molecule has 1 atom stereocenters. The second kappa shape index (κ2) is 6.18. The van der Waals surface area contributed by atoms with Gasteiger partial charge in [0.25, 0.3) is 0 Å². The molecule has 0 saturated carbocycles. The van der Waals surface area contributed by atoms with E-state index in [1.165, 1.54) is 12.3 Å². The first-order valence-electron chi connectivity index (χ1n) is 5.02. The molecule has 0 radical (unpaired) electrons. The number of aromatic nitrogens is 1. The molecule has 2 nitrogen and oxygen atoms in total. The number of hydrogen-bond donors (Lipinski definition) is 1. The zero-order valence-corrected chi connectivity index (χ0v) is 10.6. The molecule has 15 heavy (non-hydrogen) atoms. The second-order valence-electron chi connectivity index (χ2n) is 3.90. The molecule has 4 heteroatoms. The number of nitrogens with zero attached hydrogens (tertiary/aromatic N) is 1. The van der Waals surface area contributed by atoms with Crippen molar-refractivity contribution in [3.05, 3.63) is 29.8 Å². The van der Waals surface area contributed by atoms with E-state index in [0.717, 1.165) is 10.9 Å². The molecule has 1 aromatic heterocycles. The van der Waals surface area contributed by atoms with E-state index in [9.17, 15) is 4.39 Å². The van der Waals surface area contributed by atoms with E-state index in [4.69, 9.17) is 0 Å². The number of halogens is 2. The molecule has 0 fully saturated rings. The van der Waals surface area contributed by atoms with Gasteiger partial charge in [0.2, 0.25) is 0 Å². The summed E-state index contributed by atoms with van der Waals surface area (Å²) in [6.45, 7) is 4.96. The van der Waals surface area contributed by atoms with Crippen molar-refractivity contribution in [2.24, 2.45) is 5.92 Å². The fourth-order valence-electron chi connectivity index (χ4n) is 1.27. The van der Waals surface area contributed by atoms with Crippen LogP contribution in [-0.4, -0.2) is 16.4 Å². The minimum atomic E-state index is -0.283. The van der Waals surface area contributed by atoms with Crippen LogP contribution in [0.2, 0.25) is 0 Å². The van der Waals surface area contributed by atoms with Gasteiger partial charge in [-0.25, -0.2) is 4.39 Å². The summed E-state index contributed by atoms with van der Waals surface area (Å²) in [5.41, 5.74) is 0.876. The van der Waals surface area contributed by atoms with Crippen LogP contribution in [0.4, 0.5) is 4.39 Å². The number of alkyl halides is 1. The van der Waals surface area contributed by atoms with Crippen LogP contribution in [-0.2, 0) is 6.54 Å². The fraction of sp³-hybridized carbons (Fsp3) is 0.545. The lowest BCUT2D eigenvalue weighted by atomic mass is 10.1. The van der Waals surface area contributed by atoms with E-state index >= 15 is 0 Å². The molecule has 0 aliphatic carbocycles. The van der Waals surface area contributed by atoms with Crippen LogP contribution in [0.3, 0.4) is 0 Å². The number of hydrogen-bond acceptors (Lipinski definition) is 2. The van der Waals surface area contributed by atoms with Crippen molar-refractivity contribution in [3.63, 3.8) is 0 Å². The highest BCUT2D eigenvalue weighted by Gasteiger charge is 2.10. The third-order valence-electron chi connectivity index (χ3n) is 2.30. The zero-order chi connectivity index (χ0) is 11.3. The Morgan fingerprint density at radius 2 is 2.20 bits per heavy atom. The van der Waals surface area contributed by atoms with Crippen molar-refractivity contribution >= 4 is 15.9 Å². The molecule has 0 spiro atoms. The summed E-state index contributed by atoms with van der Waals surface area (Å²) in [5.74, 6) is 0.264. The van der Waals surface area contributed by atoms with Crippen molar-refractivity contribution in [1.82, 2.24) is 10.3 Å². The summed E-state index contributed by atoms with van der Waals surface area (Å²) < 4.78 is 12.8. The van der Waals surface area contributed by atoms with Gasteiger partial charge in [0.15, 0.2) is 0 Å². The zero-order valence-electron chi connectivity index (χ0n) is 9.00. The summed E-state index contributed by atoms with van der Waals surface area (Å²) in [5, 5.41) is 4.26. The molecule has 0 aliphatic rings. The summed E-state index contributed by atoms with van der Waals surface area (Å²) in [6, 6.07) is 1.90. The Morgan fingerprint density at radius 1 is 1.47 bits per heavy atom. The Hall–Kier alpha value is -0.480. The molecule has 1 N–H and O–H groups in total. The Balaban J connectivity index is 2.49. The molecule has 0 aromatic carbocycles. The van der Waals surface area contributed by atoms with Gasteiger partial charge >= 0.3 is 0 Å². The lowest BCUT2D eigenvalue weighted by molar-refractivity contribution is 0.433. The van der Waals surface area contributed by atoms with Gasteiger partial charge in [-0.1, -0.05) is 29.8 Å². The van der Waals surface area contributed by atoms with Crippen LogP contribution >= 0.6 is 15.9 Å². The lowest BCUT2D eigenvalue weighted by Crippen LogP contribution is -2.34. The predicted octanol–water partition coefficient (Wildman–Crippen LogP) is 2.73. The maximum Gasteiger partial charge on any atom is 0.141 e. The number of pyridine rings is 1. The molecule has 0 aliphatic heterocycles.